The zero-order chi connectivity index (χ0) is 13.2. The minimum absolute atomic E-state index is 0.270. The van der Waals surface area contributed by atoms with E-state index in [1.54, 1.807) is 7.11 Å². The molecule has 2 aliphatic heterocycles. The van der Waals surface area contributed by atoms with Crippen LogP contribution in [0.4, 0.5) is 0 Å². The second kappa shape index (κ2) is 5.30. The molecule has 0 bridgehead atoms. The van der Waals surface area contributed by atoms with Gasteiger partial charge < -0.3 is 9.47 Å². The van der Waals surface area contributed by atoms with E-state index in [9.17, 15) is 0 Å². The number of benzene rings is 1. The van der Waals surface area contributed by atoms with Crippen LogP contribution in [-0.2, 0) is 16.0 Å². The number of nitrogens with zero attached hydrogens (tertiary/aromatic N) is 2. The first-order valence-corrected chi connectivity index (χ1v) is 6.65. The highest BCUT2D eigenvalue weighted by atomic mass is 16.5. The number of fused-ring (bicyclic) bond motifs is 1. The molecule has 0 amide bonds. The highest BCUT2D eigenvalue weighted by Crippen LogP contribution is 2.32. The van der Waals surface area contributed by atoms with Gasteiger partial charge in [0, 0.05) is 32.2 Å². The lowest BCUT2D eigenvalue weighted by Crippen LogP contribution is -2.32. The standard InChI is InChI=1S/C15H18N2O2/c1-18-15-8-17(14-10-19-9-13(14)15)7-12-4-2-3-11(5-12)6-16/h2-5,13-15H,7-10H2,1H3/t13-,14+,15-/m0/s1. The summed E-state index contributed by atoms with van der Waals surface area (Å²) in [4.78, 5) is 2.42. The molecular formula is C15H18N2O2. The fourth-order valence-electron chi connectivity index (χ4n) is 3.20. The molecule has 3 rings (SSSR count). The number of hydrogen-bond acceptors (Lipinski definition) is 4. The van der Waals surface area contributed by atoms with E-state index < -0.39 is 0 Å². The molecule has 0 saturated carbocycles. The topological polar surface area (TPSA) is 45.5 Å². The van der Waals surface area contributed by atoms with Gasteiger partial charge in [0.25, 0.3) is 0 Å². The molecule has 3 atom stereocenters. The Balaban J connectivity index is 1.74. The lowest BCUT2D eigenvalue weighted by Gasteiger charge is -2.22. The molecule has 0 spiro atoms. The van der Waals surface area contributed by atoms with E-state index in [-0.39, 0.29) is 6.10 Å². The number of nitriles is 1. The highest BCUT2D eigenvalue weighted by molar-refractivity contribution is 5.32. The van der Waals surface area contributed by atoms with Crippen molar-refractivity contribution in [3.8, 4) is 6.07 Å². The number of rotatable bonds is 3. The van der Waals surface area contributed by atoms with Crippen LogP contribution < -0.4 is 0 Å². The molecule has 100 valence electrons. The minimum Gasteiger partial charge on any atom is -0.380 e. The van der Waals surface area contributed by atoms with E-state index in [0.29, 0.717) is 12.0 Å². The smallest absolute Gasteiger partial charge is 0.0991 e. The molecule has 4 heteroatoms. The molecule has 4 nitrogen and oxygen atoms in total. The Morgan fingerprint density at radius 1 is 1.47 bits per heavy atom. The summed E-state index contributed by atoms with van der Waals surface area (Å²) in [5.41, 5.74) is 1.90. The van der Waals surface area contributed by atoms with E-state index in [0.717, 1.165) is 31.9 Å². The zero-order valence-electron chi connectivity index (χ0n) is 11.1. The van der Waals surface area contributed by atoms with Gasteiger partial charge in [-0.15, -0.1) is 0 Å². The van der Waals surface area contributed by atoms with E-state index in [2.05, 4.69) is 17.0 Å². The molecule has 0 unspecified atom stereocenters. The summed E-state index contributed by atoms with van der Waals surface area (Å²) in [6.45, 7) is 3.41. The van der Waals surface area contributed by atoms with Crippen LogP contribution in [0.2, 0.25) is 0 Å². The second-order valence-electron chi connectivity index (χ2n) is 5.28. The fourth-order valence-corrected chi connectivity index (χ4v) is 3.20. The number of ether oxygens (including phenoxy) is 2. The van der Waals surface area contributed by atoms with Crippen LogP contribution in [0, 0.1) is 17.2 Å². The quantitative estimate of drug-likeness (QED) is 0.822. The molecule has 2 saturated heterocycles. The van der Waals surface area contributed by atoms with Gasteiger partial charge in [-0.3, -0.25) is 4.90 Å². The van der Waals surface area contributed by atoms with Gasteiger partial charge in [0.15, 0.2) is 0 Å². The summed E-state index contributed by atoms with van der Waals surface area (Å²) in [5.74, 6) is 0.490. The van der Waals surface area contributed by atoms with Crippen molar-refractivity contribution in [3.63, 3.8) is 0 Å². The van der Waals surface area contributed by atoms with Gasteiger partial charge in [0.1, 0.15) is 0 Å². The lowest BCUT2D eigenvalue weighted by molar-refractivity contribution is 0.0532. The van der Waals surface area contributed by atoms with Crippen molar-refractivity contribution in [2.24, 2.45) is 5.92 Å². The van der Waals surface area contributed by atoms with Crippen molar-refractivity contribution in [1.82, 2.24) is 4.90 Å². The van der Waals surface area contributed by atoms with Crippen LogP contribution in [0.1, 0.15) is 11.1 Å². The average molecular weight is 258 g/mol. The summed E-state index contributed by atoms with van der Waals surface area (Å²) in [7, 11) is 1.78. The van der Waals surface area contributed by atoms with Crippen molar-refractivity contribution in [2.45, 2.75) is 18.7 Å². The third-order valence-electron chi connectivity index (χ3n) is 4.20. The average Bonchev–Trinajstić information content (AvgIpc) is 3.03. The van der Waals surface area contributed by atoms with E-state index in [1.807, 2.05) is 18.2 Å². The SMILES string of the molecule is CO[C@H]1CN(Cc2cccc(C#N)c2)[C@@H]2COC[C@H]12. The van der Waals surface area contributed by atoms with Crippen molar-refractivity contribution >= 4 is 0 Å². The maximum absolute atomic E-state index is 8.95. The van der Waals surface area contributed by atoms with Crippen molar-refractivity contribution in [2.75, 3.05) is 26.9 Å². The first-order chi connectivity index (χ1) is 9.31. The van der Waals surface area contributed by atoms with Crippen LogP contribution in [-0.4, -0.2) is 43.9 Å². The van der Waals surface area contributed by atoms with E-state index in [1.165, 1.54) is 5.56 Å². The van der Waals surface area contributed by atoms with Crippen LogP contribution in [0.15, 0.2) is 24.3 Å². The van der Waals surface area contributed by atoms with Gasteiger partial charge in [-0.05, 0) is 17.7 Å². The third-order valence-corrected chi connectivity index (χ3v) is 4.20. The number of likely N-dealkylation sites (tertiary alicyclic amines) is 1. The molecule has 1 aromatic rings. The molecule has 2 fully saturated rings. The summed E-state index contributed by atoms with van der Waals surface area (Å²) >= 11 is 0. The predicted octanol–water partition coefficient (Wildman–Crippen LogP) is 1.40. The summed E-state index contributed by atoms with van der Waals surface area (Å²) in [5, 5.41) is 8.95. The van der Waals surface area contributed by atoms with Crippen LogP contribution in [0.5, 0.6) is 0 Å². The summed E-state index contributed by atoms with van der Waals surface area (Å²) < 4.78 is 11.1. The van der Waals surface area contributed by atoms with Crippen molar-refractivity contribution in [1.29, 1.82) is 5.26 Å². The van der Waals surface area contributed by atoms with Gasteiger partial charge in [-0.2, -0.15) is 5.26 Å². The Kier molecular flexibility index (Phi) is 3.52. The van der Waals surface area contributed by atoms with Gasteiger partial charge in [-0.25, -0.2) is 0 Å². The van der Waals surface area contributed by atoms with Crippen LogP contribution >= 0.6 is 0 Å². The van der Waals surface area contributed by atoms with Crippen molar-refractivity contribution in [3.05, 3.63) is 35.4 Å². The molecule has 19 heavy (non-hydrogen) atoms. The monoisotopic (exact) mass is 258 g/mol. The minimum atomic E-state index is 0.270. The Bertz CT molecular complexity index is 497. The Morgan fingerprint density at radius 2 is 2.37 bits per heavy atom. The first-order valence-electron chi connectivity index (χ1n) is 6.65. The largest absolute Gasteiger partial charge is 0.380 e. The Morgan fingerprint density at radius 3 is 3.16 bits per heavy atom. The normalized spacial score (nSPS) is 30.2. The van der Waals surface area contributed by atoms with E-state index >= 15 is 0 Å². The summed E-state index contributed by atoms with van der Waals surface area (Å²) in [6, 6.07) is 10.5. The second-order valence-corrected chi connectivity index (χ2v) is 5.28. The maximum atomic E-state index is 8.95. The first kappa shape index (κ1) is 12.6. The van der Waals surface area contributed by atoms with Crippen molar-refractivity contribution < 1.29 is 9.47 Å². The number of methoxy groups -OCH3 is 1. The van der Waals surface area contributed by atoms with Crippen LogP contribution in [0.25, 0.3) is 0 Å². The molecule has 2 aliphatic rings. The van der Waals surface area contributed by atoms with Gasteiger partial charge in [0.05, 0.1) is 31.0 Å². The Hall–Kier alpha value is -1.41. The maximum Gasteiger partial charge on any atom is 0.0991 e. The zero-order valence-corrected chi connectivity index (χ0v) is 11.1. The number of hydrogen-bond donors (Lipinski definition) is 0. The molecule has 0 radical (unpaired) electrons. The van der Waals surface area contributed by atoms with E-state index in [4.69, 9.17) is 14.7 Å². The molecular weight excluding hydrogens is 240 g/mol. The third kappa shape index (κ3) is 2.37. The molecule has 0 aromatic heterocycles. The lowest BCUT2D eigenvalue weighted by atomic mass is 10.0. The Labute approximate surface area is 113 Å². The molecule has 0 aliphatic carbocycles. The summed E-state index contributed by atoms with van der Waals surface area (Å²) in [6.07, 6.45) is 0.270. The van der Waals surface area contributed by atoms with Gasteiger partial charge >= 0.3 is 0 Å². The van der Waals surface area contributed by atoms with Gasteiger partial charge in [-0.1, -0.05) is 12.1 Å². The molecule has 2 heterocycles. The highest BCUT2D eigenvalue weighted by Gasteiger charge is 2.45. The fraction of sp³-hybridized carbons (Fsp3) is 0.533. The predicted molar refractivity (Wildman–Crippen MR) is 70.5 cm³/mol. The van der Waals surface area contributed by atoms with Gasteiger partial charge in [0.2, 0.25) is 0 Å². The van der Waals surface area contributed by atoms with Crippen LogP contribution in [0.3, 0.4) is 0 Å². The molecule has 1 aromatic carbocycles. The molecule has 0 N–H and O–H groups in total.